The first-order valence-corrected chi connectivity index (χ1v) is 9.47. The summed E-state index contributed by atoms with van der Waals surface area (Å²) in [6.45, 7) is 3.88. The average molecular weight is 357 g/mol. The number of thiophene rings is 1. The van der Waals surface area contributed by atoms with E-state index in [0.29, 0.717) is 6.01 Å². The summed E-state index contributed by atoms with van der Waals surface area (Å²) in [5.41, 5.74) is 1.84. The molecule has 0 unspecified atom stereocenters. The molecule has 1 saturated carbocycles. The molecule has 0 aromatic carbocycles. The Balaban J connectivity index is 1.44. The lowest BCUT2D eigenvalue weighted by Gasteiger charge is -2.28. The van der Waals surface area contributed by atoms with E-state index in [1.165, 1.54) is 0 Å². The van der Waals surface area contributed by atoms with Gasteiger partial charge in [-0.25, -0.2) is 9.97 Å². The summed E-state index contributed by atoms with van der Waals surface area (Å²) in [4.78, 5) is 21.8. The molecule has 1 amide bonds. The van der Waals surface area contributed by atoms with Gasteiger partial charge in [0.05, 0.1) is 0 Å². The molecule has 5 nitrogen and oxygen atoms in total. The summed E-state index contributed by atoms with van der Waals surface area (Å²) >= 11 is 1.62. The minimum absolute atomic E-state index is 0.0320. The number of aryl methyl sites for hydroxylation is 2. The first-order valence-electron chi connectivity index (χ1n) is 8.59. The zero-order chi connectivity index (χ0) is 17.6. The number of carbonyl (C=O) groups excluding carboxylic acids is 1. The number of nitrogens with one attached hydrogen (secondary N) is 1. The zero-order valence-corrected chi connectivity index (χ0v) is 15.4. The standard InChI is InChI=1S/C19H23N3O2S/c1-13-12-14(2)21-19(20-13)24-16-7-5-15(6-8-16)22-18(23)10-9-17-4-3-11-25-17/h3-4,9-12,15-16H,5-8H2,1-2H3,(H,22,23)/b10-9+. The summed E-state index contributed by atoms with van der Waals surface area (Å²) < 4.78 is 5.92. The van der Waals surface area contributed by atoms with Crippen LogP contribution in [0.2, 0.25) is 0 Å². The van der Waals surface area contributed by atoms with Crippen LogP contribution in [-0.4, -0.2) is 28.0 Å². The number of amides is 1. The number of carbonyl (C=O) groups is 1. The lowest BCUT2D eigenvalue weighted by molar-refractivity contribution is -0.117. The predicted octanol–water partition coefficient (Wildman–Crippen LogP) is 3.67. The van der Waals surface area contributed by atoms with Gasteiger partial charge in [-0.1, -0.05) is 6.07 Å². The van der Waals surface area contributed by atoms with Crippen LogP contribution in [-0.2, 0) is 4.79 Å². The third-order valence-electron chi connectivity index (χ3n) is 4.20. The van der Waals surface area contributed by atoms with Gasteiger partial charge in [-0.3, -0.25) is 4.79 Å². The number of nitrogens with zero attached hydrogens (tertiary/aromatic N) is 2. The van der Waals surface area contributed by atoms with Crippen molar-refractivity contribution in [2.75, 3.05) is 0 Å². The summed E-state index contributed by atoms with van der Waals surface area (Å²) in [6.07, 6.45) is 7.20. The molecule has 0 spiro atoms. The maximum absolute atomic E-state index is 12.0. The fraction of sp³-hybridized carbons (Fsp3) is 0.421. The Bertz CT molecular complexity index is 715. The summed E-state index contributed by atoms with van der Waals surface area (Å²) in [5.74, 6) is -0.0320. The molecule has 1 N–H and O–H groups in total. The van der Waals surface area contributed by atoms with E-state index in [1.807, 2.05) is 43.5 Å². The third kappa shape index (κ3) is 5.39. The number of aromatic nitrogens is 2. The highest BCUT2D eigenvalue weighted by atomic mass is 32.1. The van der Waals surface area contributed by atoms with Gasteiger partial charge in [-0.05, 0) is 63.1 Å². The average Bonchev–Trinajstić information content (AvgIpc) is 3.07. The van der Waals surface area contributed by atoms with E-state index in [0.717, 1.165) is 41.9 Å². The molecule has 0 saturated heterocycles. The van der Waals surface area contributed by atoms with Gasteiger partial charge in [0.25, 0.3) is 0 Å². The Morgan fingerprint density at radius 2 is 1.96 bits per heavy atom. The second kappa shape index (κ2) is 8.25. The van der Waals surface area contributed by atoms with Crippen molar-refractivity contribution in [1.82, 2.24) is 15.3 Å². The van der Waals surface area contributed by atoms with E-state index in [9.17, 15) is 4.79 Å². The molecule has 0 bridgehead atoms. The number of ether oxygens (including phenoxy) is 1. The van der Waals surface area contributed by atoms with Crippen LogP contribution in [0.4, 0.5) is 0 Å². The van der Waals surface area contributed by atoms with Crippen LogP contribution in [0, 0.1) is 13.8 Å². The van der Waals surface area contributed by atoms with Gasteiger partial charge in [0, 0.05) is 28.4 Å². The van der Waals surface area contributed by atoms with Crippen LogP contribution in [0.15, 0.2) is 29.7 Å². The Hall–Kier alpha value is -2.21. The van der Waals surface area contributed by atoms with Gasteiger partial charge >= 0.3 is 6.01 Å². The first-order chi connectivity index (χ1) is 12.1. The molecule has 2 aromatic rings. The van der Waals surface area contributed by atoms with Crippen LogP contribution < -0.4 is 10.1 Å². The van der Waals surface area contributed by atoms with Crippen LogP contribution in [0.25, 0.3) is 6.08 Å². The molecule has 2 aromatic heterocycles. The fourth-order valence-corrected chi connectivity index (χ4v) is 3.63. The first kappa shape index (κ1) is 17.6. The number of rotatable bonds is 5. The molecule has 0 atom stereocenters. The maximum Gasteiger partial charge on any atom is 0.317 e. The third-order valence-corrected chi connectivity index (χ3v) is 5.03. The largest absolute Gasteiger partial charge is 0.460 e. The molecular formula is C19H23N3O2S. The van der Waals surface area contributed by atoms with Gasteiger partial charge < -0.3 is 10.1 Å². The minimum Gasteiger partial charge on any atom is -0.460 e. The van der Waals surface area contributed by atoms with Gasteiger partial charge in [0.1, 0.15) is 6.10 Å². The number of hydrogen-bond donors (Lipinski definition) is 1. The second-order valence-electron chi connectivity index (χ2n) is 6.38. The van der Waals surface area contributed by atoms with Gasteiger partial charge in [-0.2, -0.15) is 0 Å². The van der Waals surface area contributed by atoms with Crippen LogP contribution in [0.3, 0.4) is 0 Å². The van der Waals surface area contributed by atoms with Crippen molar-refractivity contribution in [3.05, 3.63) is 45.9 Å². The Morgan fingerprint density at radius 3 is 2.60 bits per heavy atom. The lowest BCUT2D eigenvalue weighted by Crippen LogP contribution is -2.39. The normalized spacial score (nSPS) is 20.6. The number of hydrogen-bond acceptors (Lipinski definition) is 5. The molecule has 6 heteroatoms. The Labute approximate surface area is 152 Å². The molecule has 1 fully saturated rings. The minimum atomic E-state index is -0.0320. The Kier molecular flexibility index (Phi) is 5.81. The molecule has 1 aliphatic rings. The fourth-order valence-electron chi connectivity index (χ4n) is 3.01. The second-order valence-corrected chi connectivity index (χ2v) is 7.36. The van der Waals surface area contributed by atoms with E-state index in [4.69, 9.17) is 4.74 Å². The molecule has 0 aliphatic heterocycles. The summed E-state index contributed by atoms with van der Waals surface area (Å²) in [5, 5.41) is 5.07. The summed E-state index contributed by atoms with van der Waals surface area (Å²) in [7, 11) is 0. The SMILES string of the molecule is Cc1cc(C)nc(OC2CCC(NC(=O)/C=C/c3cccs3)CC2)n1. The highest BCUT2D eigenvalue weighted by Crippen LogP contribution is 2.22. The van der Waals surface area contributed by atoms with E-state index >= 15 is 0 Å². The highest BCUT2D eigenvalue weighted by Gasteiger charge is 2.24. The quantitative estimate of drug-likeness (QED) is 0.829. The van der Waals surface area contributed by atoms with Crippen LogP contribution in [0.1, 0.15) is 41.9 Å². The monoisotopic (exact) mass is 357 g/mol. The molecular weight excluding hydrogens is 334 g/mol. The van der Waals surface area contributed by atoms with E-state index in [-0.39, 0.29) is 18.1 Å². The Morgan fingerprint density at radius 1 is 1.24 bits per heavy atom. The highest BCUT2D eigenvalue weighted by molar-refractivity contribution is 7.10. The molecule has 132 valence electrons. The topological polar surface area (TPSA) is 64.1 Å². The molecule has 0 radical (unpaired) electrons. The van der Waals surface area contributed by atoms with Crippen LogP contribution in [0.5, 0.6) is 6.01 Å². The van der Waals surface area contributed by atoms with Crippen molar-refractivity contribution in [2.24, 2.45) is 0 Å². The van der Waals surface area contributed by atoms with E-state index < -0.39 is 0 Å². The van der Waals surface area contributed by atoms with Crippen LogP contribution >= 0.6 is 11.3 Å². The predicted molar refractivity (Wildman–Crippen MR) is 99.7 cm³/mol. The maximum atomic E-state index is 12.0. The van der Waals surface area contributed by atoms with Gasteiger partial charge in [-0.15, -0.1) is 11.3 Å². The molecule has 3 rings (SSSR count). The summed E-state index contributed by atoms with van der Waals surface area (Å²) in [6, 6.07) is 6.57. The van der Waals surface area contributed by atoms with Crippen molar-refractivity contribution >= 4 is 23.3 Å². The molecule has 2 heterocycles. The van der Waals surface area contributed by atoms with Crippen molar-refractivity contribution in [3.63, 3.8) is 0 Å². The van der Waals surface area contributed by atoms with Crippen molar-refractivity contribution in [2.45, 2.75) is 51.7 Å². The van der Waals surface area contributed by atoms with Gasteiger partial charge in [0.2, 0.25) is 5.91 Å². The van der Waals surface area contributed by atoms with Crippen molar-refractivity contribution in [1.29, 1.82) is 0 Å². The molecule has 25 heavy (non-hydrogen) atoms. The van der Waals surface area contributed by atoms with E-state index in [1.54, 1.807) is 17.4 Å². The smallest absolute Gasteiger partial charge is 0.317 e. The van der Waals surface area contributed by atoms with Crippen molar-refractivity contribution in [3.8, 4) is 6.01 Å². The lowest BCUT2D eigenvalue weighted by atomic mass is 9.93. The zero-order valence-electron chi connectivity index (χ0n) is 14.6. The van der Waals surface area contributed by atoms with Gasteiger partial charge in [0.15, 0.2) is 0 Å². The van der Waals surface area contributed by atoms with E-state index in [2.05, 4.69) is 15.3 Å². The molecule has 1 aliphatic carbocycles. The van der Waals surface area contributed by atoms with Crippen molar-refractivity contribution < 1.29 is 9.53 Å².